The molecule has 1 aromatic heterocycles. The average Bonchev–Trinajstić information content (AvgIpc) is 2.67. The van der Waals surface area contributed by atoms with E-state index in [1.165, 1.54) is 4.90 Å². The van der Waals surface area contributed by atoms with Crippen molar-refractivity contribution in [3.8, 4) is 0 Å². The molecule has 1 aromatic carbocycles. The van der Waals surface area contributed by atoms with Gasteiger partial charge in [0.05, 0.1) is 6.04 Å². The van der Waals surface area contributed by atoms with Crippen LogP contribution in [0.15, 0.2) is 48.8 Å². The summed E-state index contributed by atoms with van der Waals surface area (Å²) in [6, 6.07) is 10.9. The number of amides is 3. The number of nitrogens with one attached hydrogen (secondary N) is 1. The molecule has 3 amide bonds. The topological polar surface area (TPSA) is 65.5 Å². The minimum absolute atomic E-state index is 0.0367. The normalized spacial score (nSPS) is 11.5. The second kappa shape index (κ2) is 8.99. The Balaban J connectivity index is 2.01. The van der Waals surface area contributed by atoms with Crippen LogP contribution in [-0.4, -0.2) is 47.9 Å². The minimum atomic E-state index is -0.162. The average molecular weight is 354 g/mol. The molecule has 6 heteroatoms. The second-order valence-corrected chi connectivity index (χ2v) is 6.38. The van der Waals surface area contributed by atoms with Crippen molar-refractivity contribution in [3.63, 3.8) is 0 Å². The molecule has 0 saturated carbocycles. The molecule has 26 heavy (non-hydrogen) atoms. The van der Waals surface area contributed by atoms with Crippen molar-refractivity contribution in [1.82, 2.24) is 20.1 Å². The van der Waals surface area contributed by atoms with E-state index >= 15 is 0 Å². The Hall–Kier alpha value is -2.89. The Labute approximate surface area is 154 Å². The van der Waals surface area contributed by atoms with E-state index in [0.29, 0.717) is 12.1 Å². The highest BCUT2D eigenvalue weighted by Gasteiger charge is 2.20. The van der Waals surface area contributed by atoms with Crippen LogP contribution in [-0.2, 0) is 6.54 Å². The molecule has 0 radical (unpaired) electrons. The van der Waals surface area contributed by atoms with Gasteiger partial charge in [-0.1, -0.05) is 25.1 Å². The molecule has 0 spiro atoms. The van der Waals surface area contributed by atoms with E-state index in [9.17, 15) is 9.59 Å². The van der Waals surface area contributed by atoms with Crippen molar-refractivity contribution in [2.45, 2.75) is 25.9 Å². The summed E-state index contributed by atoms with van der Waals surface area (Å²) >= 11 is 0. The van der Waals surface area contributed by atoms with Gasteiger partial charge in [0.25, 0.3) is 5.91 Å². The first-order chi connectivity index (χ1) is 12.4. The number of benzene rings is 1. The van der Waals surface area contributed by atoms with Crippen molar-refractivity contribution >= 4 is 11.9 Å². The van der Waals surface area contributed by atoms with Crippen LogP contribution in [0.5, 0.6) is 0 Å². The Bertz CT molecular complexity index is 746. The van der Waals surface area contributed by atoms with E-state index in [-0.39, 0.29) is 18.0 Å². The number of nitrogens with zero attached hydrogens (tertiary/aromatic N) is 3. The van der Waals surface area contributed by atoms with Gasteiger partial charge in [0.2, 0.25) is 0 Å². The molecule has 0 aliphatic rings. The van der Waals surface area contributed by atoms with Crippen LogP contribution >= 0.6 is 0 Å². The quantitative estimate of drug-likeness (QED) is 0.867. The van der Waals surface area contributed by atoms with Gasteiger partial charge >= 0.3 is 6.03 Å². The first kappa shape index (κ1) is 19.4. The maximum atomic E-state index is 12.5. The van der Waals surface area contributed by atoms with Crippen molar-refractivity contribution in [2.75, 3.05) is 21.1 Å². The summed E-state index contributed by atoms with van der Waals surface area (Å²) in [5.41, 5.74) is 2.50. The zero-order valence-corrected chi connectivity index (χ0v) is 15.8. The van der Waals surface area contributed by atoms with Gasteiger partial charge in [-0.3, -0.25) is 9.78 Å². The number of rotatable bonds is 6. The van der Waals surface area contributed by atoms with Crippen LogP contribution in [0.25, 0.3) is 0 Å². The Morgan fingerprint density at radius 3 is 2.54 bits per heavy atom. The Morgan fingerprint density at radius 1 is 1.15 bits per heavy atom. The number of hydrogen-bond acceptors (Lipinski definition) is 3. The summed E-state index contributed by atoms with van der Waals surface area (Å²) in [7, 11) is 5.21. The lowest BCUT2D eigenvalue weighted by molar-refractivity contribution is 0.0827. The largest absolute Gasteiger partial charge is 0.345 e. The zero-order chi connectivity index (χ0) is 19.1. The van der Waals surface area contributed by atoms with Crippen LogP contribution < -0.4 is 5.32 Å². The van der Waals surface area contributed by atoms with Gasteiger partial charge in [-0.2, -0.15) is 0 Å². The molecule has 1 unspecified atom stereocenters. The van der Waals surface area contributed by atoms with Crippen LogP contribution in [0.2, 0.25) is 0 Å². The van der Waals surface area contributed by atoms with E-state index in [1.807, 2.05) is 31.2 Å². The molecular weight excluding hydrogens is 328 g/mol. The molecule has 1 atom stereocenters. The molecule has 0 fully saturated rings. The van der Waals surface area contributed by atoms with Crippen LogP contribution in [0.1, 0.15) is 40.9 Å². The van der Waals surface area contributed by atoms with Crippen molar-refractivity contribution in [2.24, 2.45) is 0 Å². The standard InChI is InChI=1S/C20H26N4O2/c1-5-18(17-10-7-11-21-14-17)24(4)20(26)22-13-15-8-6-9-16(12-15)19(25)23(2)3/h6-12,14,18H,5,13H2,1-4H3,(H,22,26). The molecule has 0 aliphatic heterocycles. The maximum absolute atomic E-state index is 12.5. The third kappa shape index (κ3) is 4.81. The summed E-state index contributed by atoms with van der Waals surface area (Å²) in [5, 5.41) is 2.92. The molecule has 2 aromatic rings. The van der Waals surface area contributed by atoms with Crippen molar-refractivity contribution in [3.05, 3.63) is 65.5 Å². The van der Waals surface area contributed by atoms with Gasteiger partial charge in [0, 0.05) is 45.6 Å². The lowest BCUT2D eigenvalue weighted by Gasteiger charge is -2.27. The summed E-state index contributed by atoms with van der Waals surface area (Å²) in [4.78, 5) is 31.9. The number of carbonyl (C=O) groups is 2. The highest BCUT2D eigenvalue weighted by atomic mass is 16.2. The van der Waals surface area contributed by atoms with Crippen LogP contribution in [0.3, 0.4) is 0 Å². The van der Waals surface area contributed by atoms with E-state index in [0.717, 1.165) is 17.5 Å². The third-order valence-electron chi connectivity index (χ3n) is 4.27. The van der Waals surface area contributed by atoms with Gasteiger partial charge in [-0.05, 0) is 35.7 Å². The minimum Gasteiger partial charge on any atom is -0.345 e. The Morgan fingerprint density at radius 2 is 1.92 bits per heavy atom. The summed E-state index contributed by atoms with van der Waals surface area (Å²) in [6.45, 7) is 2.40. The van der Waals surface area contributed by atoms with E-state index in [1.54, 1.807) is 50.6 Å². The first-order valence-electron chi connectivity index (χ1n) is 8.65. The predicted octanol–water partition coefficient (Wildman–Crippen LogP) is 3.08. The molecular formula is C20H26N4O2. The van der Waals surface area contributed by atoms with Crippen molar-refractivity contribution < 1.29 is 9.59 Å². The second-order valence-electron chi connectivity index (χ2n) is 6.38. The molecule has 6 nitrogen and oxygen atoms in total. The lowest BCUT2D eigenvalue weighted by atomic mass is 10.1. The summed E-state index contributed by atoms with van der Waals surface area (Å²) in [6.07, 6.45) is 4.30. The van der Waals surface area contributed by atoms with Gasteiger partial charge in [0.15, 0.2) is 0 Å². The van der Waals surface area contributed by atoms with Gasteiger partial charge in [-0.25, -0.2) is 4.79 Å². The lowest BCUT2D eigenvalue weighted by Crippen LogP contribution is -2.39. The molecule has 2 rings (SSSR count). The van der Waals surface area contributed by atoms with Crippen LogP contribution in [0.4, 0.5) is 4.79 Å². The summed E-state index contributed by atoms with van der Waals surface area (Å²) < 4.78 is 0. The van der Waals surface area contributed by atoms with Gasteiger partial charge in [-0.15, -0.1) is 0 Å². The van der Waals surface area contributed by atoms with E-state index in [4.69, 9.17) is 0 Å². The molecule has 0 aliphatic carbocycles. The fourth-order valence-electron chi connectivity index (χ4n) is 2.82. The molecule has 138 valence electrons. The summed E-state index contributed by atoms with van der Waals surface area (Å²) in [5.74, 6) is -0.0575. The monoisotopic (exact) mass is 354 g/mol. The number of urea groups is 1. The van der Waals surface area contributed by atoms with Crippen molar-refractivity contribution in [1.29, 1.82) is 0 Å². The number of hydrogen-bond donors (Lipinski definition) is 1. The highest BCUT2D eigenvalue weighted by molar-refractivity contribution is 5.94. The molecule has 1 N–H and O–H groups in total. The fourth-order valence-corrected chi connectivity index (χ4v) is 2.82. The number of carbonyl (C=O) groups excluding carboxylic acids is 2. The number of aromatic nitrogens is 1. The van der Waals surface area contributed by atoms with E-state index < -0.39 is 0 Å². The van der Waals surface area contributed by atoms with Crippen LogP contribution in [0, 0.1) is 0 Å². The number of pyridine rings is 1. The fraction of sp³-hybridized carbons (Fsp3) is 0.350. The first-order valence-corrected chi connectivity index (χ1v) is 8.65. The molecule has 1 heterocycles. The Kier molecular flexibility index (Phi) is 6.72. The molecule has 0 bridgehead atoms. The van der Waals surface area contributed by atoms with Gasteiger partial charge < -0.3 is 15.1 Å². The predicted molar refractivity (Wildman–Crippen MR) is 102 cm³/mol. The zero-order valence-electron chi connectivity index (χ0n) is 15.8. The van der Waals surface area contributed by atoms with E-state index in [2.05, 4.69) is 10.3 Å². The third-order valence-corrected chi connectivity index (χ3v) is 4.27. The molecule has 0 saturated heterocycles. The van der Waals surface area contributed by atoms with Gasteiger partial charge in [0.1, 0.15) is 0 Å². The highest BCUT2D eigenvalue weighted by Crippen LogP contribution is 2.21. The smallest absolute Gasteiger partial charge is 0.317 e. The maximum Gasteiger partial charge on any atom is 0.317 e. The SMILES string of the molecule is CCC(c1cccnc1)N(C)C(=O)NCc1cccc(C(=O)N(C)C)c1.